The number of ether oxygens (including phenoxy) is 4. The molecule has 0 bridgehead atoms. The molecule has 9 N–H and O–H groups in total. The van der Waals surface area contributed by atoms with Crippen LogP contribution in [-0.2, 0) is 23.7 Å². The molecule has 2 fully saturated rings. The van der Waals surface area contributed by atoms with Crippen LogP contribution in [0.15, 0.2) is 109 Å². The molecule has 12 atom stereocenters. The Balaban J connectivity index is 1.63. The maximum atomic E-state index is 13.3. The van der Waals surface area contributed by atoms with Gasteiger partial charge < -0.3 is 65.1 Å². The fraction of sp³-hybridized carbons (Fsp3) is 0.753. The van der Waals surface area contributed by atoms with Crippen LogP contribution in [0.5, 0.6) is 0 Å². The summed E-state index contributed by atoms with van der Waals surface area (Å²) in [7, 11) is 0. The Kier molecular flexibility index (Phi) is 55.5. The summed E-state index contributed by atoms with van der Waals surface area (Å²) in [6.45, 7) is 2.67. The largest absolute Gasteiger partial charge is 0.394 e. The summed E-state index contributed by atoms with van der Waals surface area (Å²) in [6.07, 6.45) is 70.1. The number of carbonyl (C=O) groups is 1. The molecule has 14 nitrogen and oxygen atoms in total. The third kappa shape index (κ3) is 44.1. The van der Waals surface area contributed by atoms with E-state index in [0.29, 0.717) is 12.8 Å². The molecule has 0 aromatic carbocycles. The smallest absolute Gasteiger partial charge is 0.220 e. The van der Waals surface area contributed by atoms with E-state index in [1.54, 1.807) is 6.08 Å². The van der Waals surface area contributed by atoms with E-state index in [4.69, 9.17) is 18.9 Å². The minimum Gasteiger partial charge on any atom is -0.394 e. The van der Waals surface area contributed by atoms with Gasteiger partial charge >= 0.3 is 0 Å². The highest BCUT2D eigenvalue weighted by molar-refractivity contribution is 5.76. The Labute approximate surface area is 553 Å². The van der Waals surface area contributed by atoms with E-state index in [0.717, 1.165) is 83.5 Å². The number of nitrogens with one attached hydrogen (secondary N) is 1. The fourth-order valence-corrected chi connectivity index (χ4v) is 11.4. The fourth-order valence-electron chi connectivity index (χ4n) is 11.4. The Morgan fingerprint density at radius 1 is 0.407 bits per heavy atom. The van der Waals surface area contributed by atoms with Gasteiger partial charge in [0.25, 0.3) is 0 Å². The molecule has 91 heavy (non-hydrogen) atoms. The Hall–Kier alpha value is -3.35. The summed E-state index contributed by atoms with van der Waals surface area (Å²) in [6, 6.07) is -0.944. The van der Waals surface area contributed by atoms with Crippen LogP contribution in [0.2, 0.25) is 0 Å². The predicted molar refractivity (Wildman–Crippen MR) is 373 cm³/mol. The lowest BCUT2D eigenvalue weighted by molar-refractivity contribution is -0.359. The van der Waals surface area contributed by atoms with Gasteiger partial charge in [-0.2, -0.15) is 0 Å². The number of unbranched alkanes of at least 4 members (excludes halogenated alkanes) is 30. The number of aliphatic hydroxyl groups excluding tert-OH is 8. The molecule has 2 aliphatic rings. The zero-order chi connectivity index (χ0) is 65.9. The molecule has 0 spiro atoms. The zero-order valence-corrected chi connectivity index (χ0v) is 57.1. The maximum Gasteiger partial charge on any atom is 0.220 e. The second-order valence-electron chi connectivity index (χ2n) is 25.3. The van der Waals surface area contributed by atoms with Crippen LogP contribution < -0.4 is 5.32 Å². The van der Waals surface area contributed by atoms with Crippen molar-refractivity contribution >= 4 is 5.91 Å². The van der Waals surface area contributed by atoms with Gasteiger partial charge in [0.2, 0.25) is 5.91 Å². The van der Waals surface area contributed by atoms with Gasteiger partial charge in [-0.1, -0.05) is 284 Å². The molecule has 2 aliphatic heterocycles. The highest BCUT2D eigenvalue weighted by atomic mass is 16.7. The predicted octanol–water partition coefficient (Wildman–Crippen LogP) is 15.5. The molecule has 2 heterocycles. The minimum atomic E-state index is -1.80. The summed E-state index contributed by atoms with van der Waals surface area (Å²) in [4.78, 5) is 13.3. The lowest BCUT2D eigenvalue weighted by Crippen LogP contribution is -2.65. The zero-order valence-electron chi connectivity index (χ0n) is 57.1. The molecule has 1 amide bonds. The van der Waals surface area contributed by atoms with Gasteiger partial charge in [0.15, 0.2) is 12.6 Å². The lowest BCUT2D eigenvalue weighted by Gasteiger charge is -2.46. The Bertz CT molecular complexity index is 1950. The number of hydrogen-bond acceptors (Lipinski definition) is 13. The van der Waals surface area contributed by atoms with Gasteiger partial charge in [0, 0.05) is 6.42 Å². The molecule has 0 aromatic rings. The summed E-state index contributed by atoms with van der Waals surface area (Å²) in [5, 5.41) is 87.4. The highest BCUT2D eigenvalue weighted by Gasteiger charge is 2.51. The minimum absolute atomic E-state index is 0.253. The molecule has 14 heteroatoms. The van der Waals surface area contributed by atoms with Crippen molar-refractivity contribution in [3.63, 3.8) is 0 Å². The van der Waals surface area contributed by atoms with Gasteiger partial charge in [-0.15, -0.1) is 0 Å². The normalized spacial score (nSPS) is 23.5. The van der Waals surface area contributed by atoms with Gasteiger partial charge in [0.1, 0.15) is 48.8 Å². The van der Waals surface area contributed by atoms with Crippen molar-refractivity contribution in [3.05, 3.63) is 109 Å². The molecular weight excluding hydrogens is 1150 g/mol. The van der Waals surface area contributed by atoms with Crippen molar-refractivity contribution < 1.29 is 64.6 Å². The number of rotatable bonds is 59. The third-order valence-corrected chi connectivity index (χ3v) is 17.2. The standard InChI is InChI=1S/C77H133NO13/c1-3-5-7-9-11-13-15-17-19-21-23-25-26-27-28-29-30-31-32-33-34-35-36-37-38-39-40-41-43-45-47-49-51-53-55-57-59-61-69(82)78-65(66(81)60-58-56-54-52-50-48-46-44-42-24-22-20-18-16-14-12-10-8-6-4-2)64-88-76-74(87)72(85)75(68(63-80)90-76)91-77-73(86)71(84)70(83)67(62-79)89-77/h5,7,11,13,17,19,23,25,27-28,30-31,42,44,50,52,58,60,65-68,70-77,79-81,83-87H,3-4,6,8-10,12,14-16,18,20-22,24,26,29,32-41,43,45-49,51,53-57,59,61-64H2,1-2H3,(H,78,82)/b7-5-,13-11-,19-17-,25-23-,28-27-,31-30-,44-42+,52-50+,60-58+. The van der Waals surface area contributed by atoms with Crippen LogP contribution in [0, 0.1) is 0 Å². The van der Waals surface area contributed by atoms with Crippen LogP contribution in [-0.4, -0.2) is 140 Å². The summed E-state index contributed by atoms with van der Waals surface area (Å²) >= 11 is 0. The number of amides is 1. The van der Waals surface area contributed by atoms with Crippen LogP contribution >= 0.6 is 0 Å². The van der Waals surface area contributed by atoms with E-state index in [-0.39, 0.29) is 18.9 Å². The van der Waals surface area contributed by atoms with Gasteiger partial charge in [-0.05, 0) is 96.3 Å². The van der Waals surface area contributed by atoms with E-state index in [1.807, 2.05) is 6.08 Å². The van der Waals surface area contributed by atoms with E-state index in [1.165, 1.54) is 161 Å². The van der Waals surface area contributed by atoms with Gasteiger partial charge in [-0.25, -0.2) is 0 Å². The SMILES string of the molecule is CC/C=C\C/C=C\C/C=C\C/C=C\C/C=C\C/C=C\CCCCCCCCCCCCCCCCCCCCC(=O)NC(COC1OC(CO)C(OC2OC(CO)C(O)C(O)C2O)C(O)C1O)C(O)/C=C/CC/C=C/CC/C=C/CCCCCCCCCCCC. The molecule has 0 radical (unpaired) electrons. The van der Waals surface area contributed by atoms with Crippen molar-refractivity contribution in [2.75, 3.05) is 19.8 Å². The Morgan fingerprint density at radius 2 is 0.769 bits per heavy atom. The van der Waals surface area contributed by atoms with Gasteiger partial charge in [0.05, 0.1) is 32.0 Å². The highest BCUT2D eigenvalue weighted by Crippen LogP contribution is 2.30. The summed E-state index contributed by atoms with van der Waals surface area (Å²) < 4.78 is 22.8. The van der Waals surface area contributed by atoms with E-state index in [9.17, 15) is 45.6 Å². The summed E-state index contributed by atoms with van der Waals surface area (Å²) in [5.74, 6) is -0.253. The monoisotopic (exact) mass is 1280 g/mol. The first-order valence-electron chi connectivity index (χ1n) is 36.6. The van der Waals surface area contributed by atoms with E-state index in [2.05, 4.69) is 116 Å². The lowest BCUT2D eigenvalue weighted by atomic mass is 9.97. The van der Waals surface area contributed by atoms with Crippen molar-refractivity contribution in [1.82, 2.24) is 5.32 Å². The second kappa shape index (κ2) is 60.3. The molecule has 0 aliphatic carbocycles. The maximum absolute atomic E-state index is 13.3. The molecule has 12 unspecified atom stereocenters. The number of allylic oxidation sites excluding steroid dienone is 17. The molecule has 0 saturated carbocycles. The van der Waals surface area contributed by atoms with Crippen molar-refractivity contribution in [3.8, 4) is 0 Å². The first-order chi connectivity index (χ1) is 44.6. The average molecular weight is 1280 g/mol. The first-order valence-corrected chi connectivity index (χ1v) is 36.6. The van der Waals surface area contributed by atoms with E-state index < -0.39 is 86.8 Å². The summed E-state index contributed by atoms with van der Waals surface area (Å²) in [5.41, 5.74) is 0. The van der Waals surface area contributed by atoms with Crippen LogP contribution in [0.1, 0.15) is 277 Å². The van der Waals surface area contributed by atoms with Gasteiger partial charge in [-0.3, -0.25) is 4.79 Å². The number of aliphatic hydroxyl groups is 8. The van der Waals surface area contributed by atoms with Crippen molar-refractivity contribution in [2.24, 2.45) is 0 Å². The van der Waals surface area contributed by atoms with Crippen molar-refractivity contribution in [2.45, 2.75) is 351 Å². The molecule has 2 saturated heterocycles. The quantitative estimate of drug-likeness (QED) is 0.0204. The second-order valence-corrected chi connectivity index (χ2v) is 25.3. The van der Waals surface area contributed by atoms with Crippen molar-refractivity contribution in [1.29, 1.82) is 0 Å². The topological polar surface area (TPSA) is 228 Å². The molecular formula is C77H133NO13. The Morgan fingerprint density at radius 3 is 1.21 bits per heavy atom. The molecule has 524 valence electrons. The number of carbonyl (C=O) groups excluding carboxylic acids is 1. The molecule has 0 aromatic heterocycles. The average Bonchev–Trinajstić information content (AvgIpc) is 1.04. The van der Waals surface area contributed by atoms with Crippen LogP contribution in [0.25, 0.3) is 0 Å². The first kappa shape index (κ1) is 83.7. The number of hydrogen-bond donors (Lipinski definition) is 9. The third-order valence-electron chi connectivity index (χ3n) is 17.2. The van der Waals surface area contributed by atoms with Crippen LogP contribution in [0.3, 0.4) is 0 Å². The molecule has 2 rings (SSSR count). The van der Waals surface area contributed by atoms with Crippen LogP contribution in [0.4, 0.5) is 0 Å². The van der Waals surface area contributed by atoms with E-state index >= 15 is 0 Å².